The van der Waals surface area contributed by atoms with E-state index in [9.17, 15) is 9.90 Å². The molecule has 0 saturated heterocycles. The summed E-state index contributed by atoms with van der Waals surface area (Å²) in [5, 5.41) is 9.37. The lowest BCUT2D eigenvalue weighted by atomic mass is 10.1. The number of aromatic hydroxyl groups is 1. The van der Waals surface area contributed by atoms with E-state index in [1.807, 2.05) is 24.8 Å². The SMILES string of the molecule is CC(C)N(CCCCl)C(=O)Cc1cccc(O)c1. The highest BCUT2D eigenvalue weighted by atomic mass is 35.5. The Bertz CT molecular complexity index is 393. The van der Waals surface area contributed by atoms with Crippen molar-refractivity contribution in [1.29, 1.82) is 0 Å². The van der Waals surface area contributed by atoms with Gasteiger partial charge in [0.15, 0.2) is 0 Å². The molecule has 0 radical (unpaired) electrons. The Morgan fingerprint density at radius 3 is 2.72 bits per heavy atom. The van der Waals surface area contributed by atoms with E-state index in [1.54, 1.807) is 18.2 Å². The summed E-state index contributed by atoms with van der Waals surface area (Å²) in [5.74, 6) is 0.820. The second-order valence-electron chi connectivity index (χ2n) is 4.57. The molecule has 1 aromatic carbocycles. The summed E-state index contributed by atoms with van der Waals surface area (Å²) in [6.45, 7) is 4.67. The van der Waals surface area contributed by atoms with Crippen LogP contribution >= 0.6 is 11.6 Å². The molecule has 0 aliphatic carbocycles. The number of nitrogens with zero attached hydrogens (tertiary/aromatic N) is 1. The van der Waals surface area contributed by atoms with Crippen LogP contribution in [-0.2, 0) is 11.2 Å². The Kier molecular flexibility index (Phi) is 5.99. The van der Waals surface area contributed by atoms with Crippen molar-refractivity contribution >= 4 is 17.5 Å². The van der Waals surface area contributed by atoms with Gasteiger partial charge in [-0.3, -0.25) is 4.79 Å². The average Bonchev–Trinajstić information content (AvgIpc) is 2.29. The first-order valence-electron chi connectivity index (χ1n) is 6.18. The molecular weight excluding hydrogens is 250 g/mol. The number of carbonyl (C=O) groups is 1. The molecule has 0 heterocycles. The fourth-order valence-electron chi connectivity index (χ4n) is 1.84. The molecule has 0 bridgehead atoms. The summed E-state index contributed by atoms with van der Waals surface area (Å²) >= 11 is 5.66. The van der Waals surface area contributed by atoms with E-state index in [-0.39, 0.29) is 17.7 Å². The summed E-state index contributed by atoms with van der Waals surface area (Å²) in [4.78, 5) is 14.0. The molecule has 1 rings (SSSR count). The molecule has 4 heteroatoms. The van der Waals surface area contributed by atoms with Crippen LogP contribution in [0.3, 0.4) is 0 Å². The van der Waals surface area contributed by atoms with Crippen LogP contribution in [-0.4, -0.2) is 34.4 Å². The van der Waals surface area contributed by atoms with Gasteiger partial charge in [0, 0.05) is 18.5 Å². The molecule has 0 unspecified atom stereocenters. The molecular formula is C14H20ClNO2. The van der Waals surface area contributed by atoms with Crippen LogP contribution in [0.25, 0.3) is 0 Å². The molecule has 100 valence electrons. The maximum atomic E-state index is 12.2. The largest absolute Gasteiger partial charge is 0.508 e. The van der Waals surface area contributed by atoms with Gasteiger partial charge in [-0.25, -0.2) is 0 Å². The van der Waals surface area contributed by atoms with E-state index in [4.69, 9.17) is 11.6 Å². The van der Waals surface area contributed by atoms with Gasteiger partial charge in [0.25, 0.3) is 0 Å². The number of hydrogen-bond donors (Lipinski definition) is 1. The molecule has 0 aliphatic rings. The predicted octanol–water partition coefficient (Wildman–Crippen LogP) is 2.80. The van der Waals surface area contributed by atoms with Gasteiger partial charge < -0.3 is 10.0 Å². The smallest absolute Gasteiger partial charge is 0.227 e. The van der Waals surface area contributed by atoms with Crippen LogP contribution < -0.4 is 0 Å². The van der Waals surface area contributed by atoms with Gasteiger partial charge in [-0.2, -0.15) is 0 Å². The molecule has 0 spiro atoms. The first-order chi connectivity index (χ1) is 8.54. The molecule has 0 fully saturated rings. The summed E-state index contributed by atoms with van der Waals surface area (Å²) in [6.07, 6.45) is 1.11. The minimum Gasteiger partial charge on any atom is -0.508 e. The highest BCUT2D eigenvalue weighted by Gasteiger charge is 2.16. The van der Waals surface area contributed by atoms with Crippen LogP contribution in [0.4, 0.5) is 0 Å². The highest BCUT2D eigenvalue weighted by Crippen LogP contribution is 2.13. The summed E-state index contributed by atoms with van der Waals surface area (Å²) in [6, 6.07) is 6.98. The normalized spacial score (nSPS) is 10.7. The monoisotopic (exact) mass is 269 g/mol. The molecule has 0 aliphatic heterocycles. The zero-order valence-corrected chi connectivity index (χ0v) is 11.7. The minimum absolute atomic E-state index is 0.0701. The number of phenolic OH excluding ortho intramolecular Hbond substituents is 1. The Balaban J connectivity index is 2.66. The highest BCUT2D eigenvalue weighted by molar-refractivity contribution is 6.17. The lowest BCUT2D eigenvalue weighted by Crippen LogP contribution is -2.38. The van der Waals surface area contributed by atoms with E-state index in [0.29, 0.717) is 18.8 Å². The fourth-order valence-corrected chi connectivity index (χ4v) is 1.96. The fraction of sp³-hybridized carbons (Fsp3) is 0.500. The Hall–Kier alpha value is -1.22. The van der Waals surface area contributed by atoms with Crippen molar-refractivity contribution in [3.63, 3.8) is 0 Å². The predicted molar refractivity (Wildman–Crippen MR) is 74.0 cm³/mol. The number of alkyl halides is 1. The molecule has 3 nitrogen and oxygen atoms in total. The summed E-state index contributed by atoms with van der Waals surface area (Å²) in [7, 11) is 0. The van der Waals surface area contributed by atoms with Gasteiger partial charge in [0.05, 0.1) is 6.42 Å². The Morgan fingerprint density at radius 2 is 2.17 bits per heavy atom. The van der Waals surface area contributed by atoms with Gasteiger partial charge >= 0.3 is 0 Å². The van der Waals surface area contributed by atoms with Crippen molar-refractivity contribution in [1.82, 2.24) is 4.90 Å². The molecule has 1 amide bonds. The number of carbonyl (C=O) groups excluding carboxylic acids is 1. The van der Waals surface area contributed by atoms with Crippen LogP contribution in [0.15, 0.2) is 24.3 Å². The maximum Gasteiger partial charge on any atom is 0.227 e. The standard InChI is InChI=1S/C14H20ClNO2/c1-11(2)16(8-4-7-15)14(18)10-12-5-3-6-13(17)9-12/h3,5-6,9,11,17H,4,7-8,10H2,1-2H3. The zero-order chi connectivity index (χ0) is 13.5. The summed E-state index contributed by atoms with van der Waals surface area (Å²) in [5.41, 5.74) is 0.830. The first kappa shape index (κ1) is 14.8. The molecule has 1 N–H and O–H groups in total. The third-order valence-corrected chi connectivity index (χ3v) is 3.01. The van der Waals surface area contributed by atoms with Crippen LogP contribution in [0, 0.1) is 0 Å². The van der Waals surface area contributed by atoms with Crippen molar-refractivity contribution < 1.29 is 9.90 Å². The maximum absolute atomic E-state index is 12.2. The average molecular weight is 270 g/mol. The second kappa shape index (κ2) is 7.27. The van der Waals surface area contributed by atoms with E-state index in [0.717, 1.165) is 12.0 Å². The molecule has 0 aromatic heterocycles. The lowest BCUT2D eigenvalue weighted by Gasteiger charge is -2.26. The number of amides is 1. The Labute approximate surface area is 113 Å². The molecule has 0 saturated carbocycles. The van der Waals surface area contributed by atoms with Gasteiger partial charge in [0.2, 0.25) is 5.91 Å². The molecule has 18 heavy (non-hydrogen) atoms. The van der Waals surface area contributed by atoms with Crippen molar-refractivity contribution in [2.45, 2.75) is 32.7 Å². The van der Waals surface area contributed by atoms with Crippen LogP contribution in [0.1, 0.15) is 25.8 Å². The van der Waals surface area contributed by atoms with Gasteiger partial charge in [0.1, 0.15) is 5.75 Å². The lowest BCUT2D eigenvalue weighted by molar-refractivity contribution is -0.132. The third kappa shape index (κ3) is 4.57. The first-order valence-corrected chi connectivity index (χ1v) is 6.71. The topological polar surface area (TPSA) is 40.5 Å². The van der Waals surface area contributed by atoms with Crippen LogP contribution in [0.2, 0.25) is 0 Å². The van der Waals surface area contributed by atoms with Crippen molar-refractivity contribution in [3.05, 3.63) is 29.8 Å². The van der Waals surface area contributed by atoms with Gasteiger partial charge in [-0.15, -0.1) is 11.6 Å². The minimum atomic E-state index is 0.0701. The number of rotatable bonds is 6. The number of halogens is 1. The van der Waals surface area contributed by atoms with Crippen molar-refractivity contribution in [2.24, 2.45) is 0 Å². The van der Waals surface area contributed by atoms with Gasteiger partial charge in [-0.05, 0) is 38.0 Å². The van der Waals surface area contributed by atoms with E-state index >= 15 is 0 Å². The molecule has 0 atom stereocenters. The number of phenols is 1. The summed E-state index contributed by atoms with van der Waals surface area (Å²) < 4.78 is 0. The second-order valence-corrected chi connectivity index (χ2v) is 4.95. The quantitative estimate of drug-likeness (QED) is 0.807. The van der Waals surface area contributed by atoms with E-state index < -0.39 is 0 Å². The third-order valence-electron chi connectivity index (χ3n) is 2.74. The number of benzene rings is 1. The Morgan fingerprint density at radius 1 is 1.44 bits per heavy atom. The molecule has 1 aromatic rings. The zero-order valence-electron chi connectivity index (χ0n) is 10.9. The van der Waals surface area contributed by atoms with E-state index in [1.165, 1.54) is 0 Å². The van der Waals surface area contributed by atoms with Crippen molar-refractivity contribution in [2.75, 3.05) is 12.4 Å². The van der Waals surface area contributed by atoms with Crippen molar-refractivity contribution in [3.8, 4) is 5.75 Å². The van der Waals surface area contributed by atoms with E-state index in [2.05, 4.69) is 0 Å². The van der Waals surface area contributed by atoms with Crippen LogP contribution in [0.5, 0.6) is 5.75 Å². The van der Waals surface area contributed by atoms with Gasteiger partial charge in [-0.1, -0.05) is 12.1 Å². The number of hydrogen-bond acceptors (Lipinski definition) is 2.